The molecule has 1 aromatic carbocycles. The Bertz CT molecular complexity index is 553. The van der Waals surface area contributed by atoms with Gasteiger partial charge in [-0.05, 0) is 5.56 Å². The molecule has 4 N–H and O–H groups in total. The molecule has 1 atom stereocenters. The molecule has 106 valence electrons. The first-order valence-electron chi connectivity index (χ1n) is 6.38. The van der Waals surface area contributed by atoms with Crippen LogP contribution < -0.4 is 11.1 Å². The monoisotopic (exact) mass is 274 g/mol. The van der Waals surface area contributed by atoms with E-state index >= 15 is 0 Å². The molecular weight excluding hydrogens is 256 g/mol. The molecule has 1 unspecified atom stereocenters. The summed E-state index contributed by atoms with van der Waals surface area (Å²) >= 11 is 0. The quantitative estimate of drug-likeness (QED) is 0.655. The van der Waals surface area contributed by atoms with E-state index in [1.165, 1.54) is 5.56 Å². The van der Waals surface area contributed by atoms with E-state index in [2.05, 4.69) is 10.4 Å². The van der Waals surface area contributed by atoms with Gasteiger partial charge < -0.3 is 16.2 Å². The highest BCUT2D eigenvalue weighted by molar-refractivity contribution is 5.78. The molecule has 2 rings (SSSR count). The van der Waals surface area contributed by atoms with Crippen LogP contribution in [0.1, 0.15) is 11.1 Å². The summed E-state index contributed by atoms with van der Waals surface area (Å²) in [6, 6.07) is 10.1. The summed E-state index contributed by atoms with van der Waals surface area (Å²) < 4.78 is 1.84. The molecule has 0 spiro atoms. The SMILES string of the molecule is NC(=O)C(O)CNCc1cnn(Cc2ccccc2)c1. The van der Waals surface area contributed by atoms with Crippen molar-refractivity contribution in [3.05, 3.63) is 53.9 Å². The zero-order chi connectivity index (χ0) is 14.4. The van der Waals surface area contributed by atoms with E-state index in [9.17, 15) is 9.90 Å². The number of nitrogens with two attached hydrogens (primary N) is 1. The summed E-state index contributed by atoms with van der Waals surface area (Å²) in [6.45, 7) is 1.38. The molecule has 0 fully saturated rings. The first-order chi connectivity index (χ1) is 9.65. The van der Waals surface area contributed by atoms with Gasteiger partial charge >= 0.3 is 0 Å². The summed E-state index contributed by atoms with van der Waals surface area (Å²) in [6.07, 6.45) is 2.53. The number of aliphatic hydroxyl groups excluding tert-OH is 1. The van der Waals surface area contributed by atoms with Crippen molar-refractivity contribution in [1.82, 2.24) is 15.1 Å². The maximum atomic E-state index is 10.7. The highest BCUT2D eigenvalue weighted by atomic mass is 16.3. The second-order valence-corrected chi connectivity index (χ2v) is 4.58. The summed E-state index contributed by atoms with van der Waals surface area (Å²) in [4.78, 5) is 10.7. The normalized spacial score (nSPS) is 12.2. The average molecular weight is 274 g/mol. The topological polar surface area (TPSA) is 93.2 Å². The molecular formula is C14H18N4O2. The van der Waals surface area contributed by atoms with Crippen LogP contribution in [0.2, 0.25) is 0 Å². The number of nitrogens with zero attached hydrogens (tertiary/aromatic N) is 2. The molecule has 6 heteroatoms. The first kappa shape index (κ1) is 14.2. The number of primary amides is 1. The van der Waals surface area contributed by atoms with Crippen LogP contribution in [-0.4, -0.2) is 33.4 Å². The Morgan fingerprint density at radius 3 is 2.80 bits per heavy atom. The predicted octanol–water partition coefficient (Wildman–Crippen LogP) is -0.133. The van der Waals surface area contributed by atoms with E-state index in [4.69, 9.17) is 5.73 Å². The van der Waals surface area contributed by atoms with Crippen molar-refractivity contribution in [3.8, 4) is 0 Å². The van der Waals surface area contributed by atoms with Gasteiger partial charge in [0, 0.05) is 24.8 Å². The summed E-state index contributed by atoms with van der Waals surface area (Å²) in [7, 11) is 0. The van der Waals surface area contributed by atoms with Gasteiger partial charge in [-0.25, -0.2) is 0 Å². The van der Waals surface area contributed by atoms with E-state index in [0.29, 0.717) is 13.1 Å². The van der Waals surface area contributed by atoms with Crippen LogP contribution in [0.4, 0.5) is 0 Å². The molecule has 6 nitrogen and oxygen atoms in total. The second kappa shape index (κ2) is 6.83. The zero-order valence-corrected chi connectivity index (χ0v) is 11.1. The fourth-order valence-corrected chi connectivity index (χ4v) is 1.81. The molecule has 1 aromatic heterocycles. The Balaban J connectivity index is 1.82. The Labute approximate surface area is 117 Å². The Morgan fingerprint density at radius 1 is 1.35 bits per heavy atom. The third-order valence-corrected chi connectivity index (χ3v) is 2.87. The van der Waals surface area contributed by atoms with Gasteiger partial charge in [0.25, 0.3) is 0 Å². The van der Waals surface area contributed by atoms with Gasteiger partial charge in [0.15, 0.2) is 0 Å². The van der Waals surface area contributed by atoms with E-state index in [0.717, 1.165) is 5.56 Å². The number of benzene rings is 1. The minimum atomic E-state index is -1.16. The van der Waals surface area contributed by atoms with Crippen molar-refractivity contribution in [2.75, 3.05) is 6.54 Å². The highest BCUT2D eigenvalue weighted by Gasteiger charge is 2.09. The number of nitrogens with one attached hydrogen (secondary N) is 1. The van der Waals surface area contributed by atoms with Gasteiger partial charge in [-0.1, -0.05) is 30.3 Å². The molecule has 1 amide bonds. The molecule has 0 aliphatic rings. The number of amides is 1. The fraction of sp³-hybridized carbons (Fsp3) is 0.286. The Kier molecular flexibility index (Phi) is 4.86. The highest BCUT2D eigenvalue weighted by Crippen LogP contribution is 2.03. The van der Waals surface area contributed by atoms with Gasteiger partial charge in [0.1, 0.15) is 6.10 Å². The smallest absolute Gasteiger partial charge is 0.247 e. The van der Waals surface area contributed by atoms with E-state index in [-0.39, 0.29) is 6.54 Å². The first-order valence-corrected chi connectivity index (χ1v) is 6.38. The summed E-state index contributed by atoms with van der Waals surface area (Å²) in [5.74, 6) is -0.725. The third-order valence-electron chi connectivity index (χ3n) is 2.87. The maximum Gasteiger partial charge on any atom is 0.247 e. The molecule has 0 saturated heterocycles. The van der Waals surface area contributed by atoms with Gasteiger partial charge in [0.2, 0.25) is 5.91 Å². The lowest BCUT2D eigenvalue weighted by Crippen LogP contribution is -2.37. The van der Waals surface area contributed by atoms with Crippen LogP contribution in [-0.2, 0) is 17.9 Å². The lowest BCUT2D eigenvalue weighted by Gasteiger charge is -2.06. The standard InChI is InChI=1S/C14H18N4O2/c15-14(20)13(19)8-16-6-12-7-17-18(10-12)9-11-4-2-1-3-5-11/h1-5,7,10,13,16,19H,6,8-9H2,(H2,15,20). The molecule has 1 heterocycles. The van der Waals surface area contributed by atoms with Crippen molar-refractivity contribution in [1.29, 1.82) is 0 Å². The maximum absolute atomic E-state index is 10.7. The molecule has 0 radical (unpaired) electrons. The number of rotatable bonds is 7. The number of hydrogen-bond donors (Lipinski definition) is 3. The number of aliphatic hydroxyl groups is 1. The van der Waals surface area contributed by atoms with E-state index in [1.807, 2.05) is 41.2 Å². The number of aromatic nitrogens is 2. The molecule has 0 aliphatic heterocycles. The predicted molar refractivity (Wildman–Crippen MR) is 74.7 cm³/mol. The third kappa shape index (κ3) is 4.18. The van der Waals surface area contributed by atoms with Gasteiger partial charge in [-0.2, -0.15) is 5.10 Å². The largest absolute Gasteiger partial charge is 0.382 e. The van der Waals surface area contributed by atoms with Gasteiger partial charge in [0.05, 0.1) is 12.7 Å². The lowest BCUT2D eigenvalue weighted by molar-refractivity contribution is -0.125. The van der Waals surface area contributed by atoms with Crippen molar-refractivity contribution in [2.24, 2.45) is 5.73 Å². The van der Waals surface area contributed by atoms with Crippen molar-refractivity contribution >= 4 is 5.91 Å². The van der Waals surface area contributed by atoms with Gasteiger partial charge in [-0.3, -0.25) is 9.48 Å². The van der Waals surface area contributed by atoms with Crippen LogP contribution in [0.25, 0.3) is 0 Å². The van der Waals surface area contributed by atoms with Crippen LogP contribution in [0.15, 0.2) is 42.7 Å². The number of carbonyl (C=O) groups excluding carboxylic acids is 1. The number of hydrogen-bond acceptors (Lipinski definition) is 4. The van der Waals surface area contributed by atoms with Crippen molar-refractivity contribution in [2.45, 2.75) is 19.2 Å². The van der Waals surface area contributed by atoms with Crippen LogP contribution in [0, 0.1) is 0 Å². The minimum absolute atomic E-state index is 0.138. The van der Waals surface area contributed by atoms with Crippen LogP contribution in [0.5, 0.6) is 0 Å². The summed E-state index contributed by atoms with van der Waals surface area (Å²) in [5, 5.41) is 16.5. The lowest BCUT2D eigenvalue weighted by atomic mass is 10.2. The molecule has 2 aromatic rings. The molecule has 0 aliphatic carbocycles. The molecule has 20 heavy (non-hydrogen) atoms. The van der Waals surface area contributed by atoms with Crippen LogP contribution >= 0.6 is 0 Å². The molecule has 0 saturated carbocycles. The van der Waals surface area contributed by atoms with Crippen LogP contribution in [0.3, 0.4) is 0 Å². The van der Waals surface area contributed by atoms with E-state index < -0.39 is 12.0 Å². The minimum Gasteiger partial charge on any atom is -0.382 e. The van der Waals surface area contributed by atoms with Gasteiger partial charge in [-0.15, -0.1) is 0 Å². The Hall–Kier alpha value is -2.18. The van der Waals surface area contributed by atoms with Crippen molar-refractivity contribution in [3.63, 3.8) is 0 Å². The average Bonchev–Trinajstić information content (AvgIpc) is 2.87. The zero-order valence-electron chi connectivity index (χ0n) is 11.1. The Morgan fingerprint density at radius 2 is 2.10 bits per heavy atom. The summed E-state index contributed by atoms with van der Waals surface area (Å²) in [5.41, 5.74) is 7.12. The number of carbonyl (C=O) groups is 1. The fourth-order valence-electron chi connectivity index (χ4n) is 1.81. The van der Waals surface area contributed by atoms with Crippen molar-refractivity contribution < 1.29 is 9.90 Å². The van der Waals surface area contributed by atoms with E-state index in [1.54, 1.807) is 6.20 Å². The second-order valence-electron chi connectivity index (χ2n) is 4.58. The molecule has 0 bridgehead atoms.